The summed E-state index contributed by atoms with van der Waals surface area (Å²) in [6, 6.07) is 8.85. The number of ether oxygens (including phenoxy) is 1. The maximum Gasteiger partial charge on any atom is 0.259 e. The lowest BCUT2D eigenvalue weighted by molar-refractivity contribution is -0.140. The monoisotopic (exact) mass is 342 g/mol. The first-order valence-corrected chi connectivity index (χ1v) is 8.98. The number of aromatic nitrogens is 1. The molecule has 0 radical (unpaired) electrons. The van der Waals surface area contributed by atoms with Crippen LogP contribution in [0.15, 0.2) is 41.3 Å². The fourth-order valence-corrected chi connectivity index (χ4v) is 3.59. The molecule has 1 amide bonds. The maximum atomic E-state index is 12.9. The van der Waals surface area contributed by atoms with Gasteiger partial charge in [-0.1, -0.05) is 18.2 Å². The van der Waals surface area contributed by atoms with Crippen molar-refractivity contribution < 1.29 is 9.53 Å². The van der Waals surface area contributed by atoms with E-state index in [4.69, 9.17) is 4.74 Å². The maximum absolute atomic E-state index is 12.9. The smallest absolute Gasteiger partial charge is 0.259 e. The predicted molar refractivity (Wildman–Crippen MR) is 98.8 cm³/mol. The lowest BCUT2D eigenvalue weighted by Crippen LogP contribution is -2.48. The fraction of sp³-hybridized carbons (Fsp3) is 0.500. The molecule has 1 saturated heterocycles. The minimum atomic E-state index is -0.506. The second kappa shape index (κ2) is 7.00. The molecule has 25 heavy (non-hydrogen) atoms. The van der Waals surface area contributed by atoms with Gasteiger partial charge in [0.15, 0.2) is 0 Å². The van der Waals surface area contributed by atoms with Crippen molar-refractivity contribution in [3.05, 3.63) is 46.9 Å². The quantitative estimate of drug-likeness (QED) is 0.858. The fourth-order valence-electron chi connectivity index (χ4n) is 3.59. The van der Waals surface area contributed by atoms with Crippen LogP contribution in [-0.2, 0) is 9.53 Å². The van der Waals surface area contributed by atoms with E-state index in [2.05, 4.69) is 6.92 Å². The van der Waals surface area contributed by atoms with E-state index in [-0.39, 0.29) is 17.1 Å². The molecule has 0 spiro atoms. The van der Waals surface area contributed by atoms with Crippen molar-refractivity contribution in [3.8, 4) is 0 Å². The molecule has 0 aliphatic carbocycles. The second-order valence-corrected chi connectivity index (χ2v) is 7.00. The number of pyridine rings is 1. The number of likely N-dealkylation sites (tertiary alicyclic amines) is 1. The summed E-state index contributed by atoms with van der Waals surface area (Å²) in [7, 11) is 0. The van der Waals surface area contributed by atoms with Gasteiger partial charge in [0.1, 0.15) is 6.04 Å². The van der Waals surface area contributed by atoms with E-state index in [1.54, 1.807) is 23.8 Å². The largest absolute Gasteiger partial charge is 0.375 e. The Morgan fingerprint density at radius 2 is 1.92 bits per heavy atom. The van der Waals surface area contributed by atoms with Gasteiger partial charge in [-0.05, 0) is 51.1 Å². The Morgan fingerprint density at radius 3 is 2.60 bits per heavy atom. The zero-order valence-electron chi connectivity index (χ0n) is 15.2. The molecule has 0 N–H and O–H groups in total. The number of fused-ring (bicyclic) bond motifs is 1. The number of benzene rings is 1. The molecule has 1 fully saturated rings. The van der Waals surface area contributed by atoms with Crippen LogP contribution in [0, 0.1) is 0 Å². The van der Waals surface area contributed by atoms with Gasteiger partial charge in [-0.25, -0.2) is 0 Å². The van der Waals surface area contributed by atoms with Crippen LogP contribution in [0.25, 0.3) is 10.8 Å². The number of nitrogens with zero attached hydrogens (tertiary/aromatic N) is 2. The number of piperidine rings is 1. The van der Waals surface area contributed by atoms with Gasteiger partial charge in [-0.2, -0.15) is 0 Å². The van der Waals surface area contributed by atoms with Crippen LogP contribution >= 0.6 is 0 Å². The Labute approximate surface area is 148 Å². The van der Waals surface area contributed by atoms with E-state index in [1.165, 1.54) is 0 Å². The lowest BCUT2D eigenvalue weighted by Gasteiger charge is -2.40. The first-order chi connectivity index (χ1) is 11.9. The van der Waals surface area contributed by atoms with Gasteiger partial charge in [0.05, 0.1) is 5.60 Å². The third kappa shape index (κ3) is 3.47. The summed E-state index contributed by atoms with van der Waals surface area (Å²) in [5, 5.41) is 1.54. The summed E-state index contributed by atoms with van der Waals surface area (Å²) in [5.41, 5.74) is -0.260. The van der Waals surface area contributed by atoms with Crippen LogP contribution in [-0.4, -0.2) is 40.7 Å². The van der Waals surface area contributed by atoms with E-state index in [0.717, 1.165) is 18.2 Å². The number of rotatable bonds is 4. The third-order valence-electron chi connectivity index (χ3n) is 5.24. The summed E-state index contributed by atoms with van der Waals surface area (Å²) in [6.45, 7) is 7.93. The van der Waals surface area contributed by atoms with Crippen LogP contribution in [0.1, 0.15) is 39.7 Å². The average Bonchev–Trinajstić information content (AvgIpc) is 2.62. The Hall–Kier alpha value is -2.14. The molecule has 1 aliphatic heterocycles. The van der Waals surface area contributed by atoms with Crippen molar-refractivity contribution >= 4 is 16.7 Å². The summed E-state index contributed by atoms with van der Waals surface area (Å²) in [6.07, 6.45) is 3.37. The van der Waals surface area contributed by atoms with Crippen LogP contribution in [0.4, 0.5) is 0 Å². The van der Waals surface area contributed by atoms with E-state index < -0.39 is 6.04 Å². The van der Waals surface area contributed by atoms with Crippen molar-refractivity contribution in [1.82, 2.24) is 9.47 Å². The molecule has 2 aromatic rings. The molecule has 1 atom stereocenters. The highest BCUT2D eigenvalue weighted by Crippen LogP contribution is 2.27. The third-order valence-corrected chi connectivity index (χ3v) is 5.24. The van der Waals surface area contributed by atoms with Gasteiger partial charge in [0.25, 0.3) is 5.56 Å². The molecule has 5 nitrogen and oxygen atoms in total. The Bertz CT molecular complexity index is 819. The Kier molecular flexibility index (Phi) is 4.95. The molecule has 0 saturated carbocycles. The molecule has 1 aliphatic rings. The van der Waals surface area contributed by atoms with E-state index in [9.17, 15) is 9.59 Å². The summed E-state index contributed by atoms with van der Waals surface area (Å²) in [5.74, 6) is -0.00377. The first kappa shape index (κ1) is 17.7. The summed E-state index contributed by atoms with van der Waals surface area (Å²) >= 11 is 0. The summed E-state index contributed by atoms with van der Waals surface area (Å²) in [4.78, 5) is 27.5. The molecule has 1 aromatic heterocycles. The zero-order chi connectivity index (χ0) is 18.0. The molecule has 134 valence electrons. The van der Waals surface area contributed by atoms with Gasteiger partial charge in [-0.3, -0.25) is 9.59 Å². The first-order valence-electron chi connectivity index (χ1n) is 8.98. The van der Waals surface area contributed by atoms with Gasteiger partial charge in [-0.15, -0.1) is 0 Å². The molecule has 1 unspecified atom stereocenters. The minimum absolute atomic E-state index is 0.00377. The molecule has 0 bridgehead atoms. The van der Waals surface area contributed by atoms with Crippen molar-refractivity contribution in [2.24, 2.45) is 0 Å². The van der Waals surface area contributed by atoms with Crippen molar-refractivity contribution in [3.63, 3.8) is 0 Å². The number of amides is 1. The molecule has 1 aromatic carbocycles. The summed E-state index contributed by atoms with van der Waals surface area (Å²) < 4.78 is 7.36. The standard InChI is InChI=1S/C20H26N2O3/c1-4-25-20(3)10-13-21(14-11-20)18(23)15(2)22-12-9-16-7-5-6-8-17(16)19(22)24/h5-9,12,15H,4,10-11,13-14H2,1-3H3. The van der Waals surface area contributed by atoms with E-state index in [0.29, 0.717) is 25.1 Å². The number of carbonyl (C=O) groups excluding carboxylic acids is 1. The van der Waals surface area contributed by atoms with Crippen LogP contribution in [0.3, 0.4) is 0 Å². The van der Waals surface area contributed by atoms with Gasteiger partial charge >= 0.3 is 0 Å². The van der Waals surface area contributed by atoms with Crippen molar-refractivity contribution in [2.45, 2.75) is 45.3 Å². The van der Waals surface area contributed by atoms with E-state index in [1.807, 2.05) is 36.1 Å². The topological polar surface area (TPSA) is 51.5 Å². The average molecular weight is 342 g/mol. The number of hydrogen-bond donors (Lipinski definition) is 0. The zero-order valence-corrected chi connectivity index (χ0v) is 15.2. The highest BCUT2D eigenvalue weighted by atomic mass is 16.5. The lowest BCUT2D eigenvalue weighted by atomic mass is 9.93. The van der Waals surface area contributed by atoms with E-state index >= 15 is 0 Å². The predicted octanol–water partition coefficient (Wildman–Crippen LogP) is 2.98. The van der Waals surface area contributed by atoms with Crippen LogP contribution in [0.2, 0.25) is 0 Å². The molecular weight excluding hydrogens is 316 g/mol. The second-order valence-electron chi connectivity index (χ2n) is 7.00. The SMILES string of the molecule is CCOC1(C)CCN(C(=O)C(C)n2ccc3ccccc3c2=O)CC1. The van der Waals surface area contributed by atoms with Gasteiger partial charge < -0.3 is 14.2 Å². The Morgan fingerprint density at radius 1 is 1.24 bits per heavy atom. The highest BCUT2D eigenvalue weighted by Gasteiger charge is 2.34. The molecular formula is C20H26N2O3. The molecule has 3 rings (SSSR count). The van der Waals surface area contributed by atoms with Gasteiger partial charge in [0.2, 0.25) is 5.91 Å². The normalized spacial score (nSPS) is 18.3. The van der Waals surface area contributed by atoms with Gasteiger partial charge in [0, 0.05) is 31.3 Å². The molecule has 5 heteroatoms. The number of carbonyl (C=O) groups is 1. The minimum Gasteiger partial charge on any atom is -0.375 e. The van der Waals surface area contributed by atoms with Crippen LogP contribution < -0.4 is 5.56 Å². The Balaban J connectivity index is 1.78. The van der Waals surface area contributed by atoms with Crippen molar-refractivity contribution in [1.29, 1.82) is 0 Å². The molecule has 2 heterocycles. The number of hydrogen-bond acceptors (Lipinski definition) is 3. The van der Waals surface area contributed by atoms with Crippen molar-refractivity contribution in [2.75, 3.05) is 19.7 Å². The highest BCUT2D eigenvalue weighted by molar-refractivity contribution is 5.83. The van der Waals surface area contributed by atoms with Crippen LogP contribution in [0.5, 0.6) is 0 Å².